The van der Waals surface area contributed by atoms with Crippen LogP contribution in [0.5, 0.6) is 11.5 Å². The molecule has 21 heavy (non-hydrogen) atoms. The molecular weight excluding hydrogens is 282 g/mol. The number of hydrogen-bond donors (Lipinski definition) is 1. The molecule has 1 aliphatic rings. The van der Waals surface area contributed by atoms with Gasteiger partial charge in [0, 0.05) is 22.3 Å². The van der Waals surface area contributed by atoms with Gasteiger partial charge in [0.05, 0.1) is 0 Å². The predicted molar refractivity (Wildman–Crippen MR) is 86.4 cm³/mol. The first kappa shape index (κ1) is 14.4. The van der Waals surface area contributed by atoms with E-state index in [-0.39, 0.29) is 6.04 Å². The number of nitrogens with one attached hydrogen (secondary N) is 1. The maximum Gasteiger partial charge on any atom is 0.161 e. The largest absolute Gasteiger partial charge is 0.486 e. The number of hydrogen-bond acceptors (Lipinski definition) is 4. The summed E-state index contributed by atoms with van der Waals surface area (Å²) in [5.74, 6) is 1.71. The van der Waals surface area contributed by atoms with E-state index in [1.54, 1.807) is 0 Å². The number of fused-ring (bicyclic) bond motifs is 1. The van der Waals surface area contributed by atoms with Gasteiger partial charge >= 0.3 is 0 Å². The van der Waals surface area contributed by atoms with Crippen LogP contribution in [0.1, 0.15) is 35.2 Å². The smallest absolute Gasteiger partial charge is 0.161 e. The van der Waals surface area contributed by atoms with E-state index in [0.29, 0.717) is 13.2 Å². The topological polar surface area (TPSA) is 30.5 Å². The standard InChI is InChI=1S/C17H21NO2S/c1-3-14-5-6-15(21-14)11-18-12(2)13-4-7-16-17(10-13)20-9-8-19-16/h4-7,10,12,18H,3,8-9,11H2,1-2H3. The third-order valence-corrected chi connectivity index (χ3v) is 4.94. The van der Waals surface area contributed by atoms with Gasteiger partial charge in [-0.1, -0.05) is 13.0 Å². The lowest BCUT2D eigenvalue weighted by Crippen LogP contribution is -2.19. The van der Waals surface area contributed by atoms with Crippen LogP contribution in [-0.4, -0.2) is 13.2 Å². The van der Waals surface area contributed by atoms with Crippen molar-refractivity contribution in [3.63, 3.8) is 0 Å². The summed E-state index contributed by atoms with van der Waals surface area (Å²) < 4.78 is 11.2. The molecule has 1 unspecified atom stereocenters. The van der Waals surface area contributed by atoms with Crippen LogP contribution in [0.25, 0.3) is 0 Å². The quantitative estimate of drug-likeness (QED) is 0.908. The highest BCUT2D eigenvalue weighted by Gasteiger charge is 2.14. The van der Waals surface area contributed by atoms with E-state index >= 15 is 0 Å². The Balaban J connectivity index is 1.63. The summed E-state index contributed by atoms with van der Waals surface area (Å²) in [5.41, 5.74) is 1.23. The molecular formula is C17H21NO2S. The van der Waals surface area contributed by atoms with Crippen LogP contribution in [0.4, 0.5) is 0 Å². The van der Waals surface area contributed by atoms with Crippen molar-refractivity contribution in [2.45, 2.75) is 32.9 Å². The lowest BCUT2D eigenvalue weighted by molar-refractivity contribution is 0.171. The molecule has 4 heteroatoms. The van der Waals surface area contributed by atoms with E-state index in [1.165, 1.54) is 15.3 Å². The Hall–Kier alpha value is -1.52. The third kappa shape index (κ3) is 3.39. The van der Waals surface area contributed by atoms with Gasteiger partial charge in [-0.25, -0.2) is 0 Å². The first-order valence-corrected chi connectivity index (χ1v) is 8.28. The van der Waals surface area contributed by atoms with Gasteiger partial charge in [0.1, 0.15) is 13.2 Å². The fraction of sp³-hybridized carbons (Fsp3) is 0.412. The van der Waals surface area contributed by atoms with E-state index in [1.807, 2.05) is 17.4 Å². The molecule has 0 saturated carbocycles. The Kier molecular flexibility index (Phi) is 4.46. The van der Waals surface area contributed by atoms with E-state index in [2.05, 4.69) is 43.4 Å². The minimum atomic E-state index is 0.285. The van der Waals surface area contributed by atoms with Crippen molar-refractivity contribution in [1.82, 2.24) is 5.32 Å². The minimum Gasteiger partial charge on any atom is -0.486 e. The number of rotatable bonds is 5. The lowest BCUT2D eigenvalue weighted by Gasteiger charge is -2.21. The minimum absolute atomic E-state index is 0.285. The van der Waals surface area contributed by atoms with Gasteiger partial charge in [-0.2, -0.15) is 0 Å². The molecule has 3 rings (SSSR count). The van der Waals surface area contributed by atoms with Crippen LogP contribution >= 0.6 is 11.3 Å². The molecule has 1 aromatic heterocycles. The van der Waals surface area contributed by atoms with Crippen LogP contribution in [0.15, 0.2) is 30.3 Å². The van der Waals surface area contributed by atoms with E-state index < -0.39 is 0 Å². The molecule has 0 spiro atoms. The molecule has 1 N–H and O–H groups in total. The Morgan fingerprint density at radius 1 is 1.10 bits per heavy atom. The predicted octanol–water partition coefficient (Wildman–Crippen LogP) is 3.93. The highest BCUT2D eigenvalue weighted by molar-refractivity contribution is 7.11. The maximum atomic E-state index is 5.64. The summed E-state index contributed by atoms with van der Waals surface area (Å²) in [7, 11) is 0. The van der Waals surface area contributed by atoms with Crippen LogP contribution in [0, 0.1) is 0 Å². The molecule has 3 nitrogen and oxygen atoms in total. The Morgan fingerprint density at radius 3 is 2.62 bits per heavy atom. The van der Waals surface area contributed by atoms with Crippen molar-refractivity contribution in [2.75, 3.05) is 13.2 Å². The van der Waals surface area contributed by atoms with Crippen molar-refractivity contribution < 1.29 is 9.47 Å². The van der Waals surface area contributed by atoms with Crippen molar-refractivity contribution >= 4 is 11.3 Å². The monoisotopic (exact) mass is 303 g/mol. The van der Waals surface area contributed by atoms with Gasteiger partial charge in [0.2, 0.25) is 0 Å². The van der Waals surface area contributed by atoms with E-state index in [4.69, 9.17) is 9.47 Å². The van der Waals surface area contributed by atoms with Gasteiger partial charge in [0.25, 0.3) is 0 Å². The molecule has 2 aromatic rings. The zero-order valence-electron chi connectivity index (χ0n) is 12.5. The second-order valence-corrected chi connectivity index (χ2v) is 6.48. The summed E-state index contributed by atoms with van der Waals surface area (Å²) in [6.07, 6.45) is 1.11. The SMILES string of the molecule is CCc1ccc(CNC(C)c2ccc3c(c2)OCCO3)s1. The number of benzene rings is 1. The molecule has 2 heterocycles. The van der Waals surface area contributed by atoms with Gasteiger partial charge in [0.15, 0.2) is 11.5 Å². The van der Waals surface area contributed by atoms with E-state index in [0.717, 1.165) is 24.5 Å². The molecule has 0 radical (unpaired) electrons. The molecule has 0 amide bonds. The molecule has 1 atom stereocenters. The van der Waals surface area contributed by atoms with Crippen LogP contribution in [0.3, 0.4) is 0 Å². The first-order chi connectivity index (χ1) is 10.3. The Bertz CT molecular complexity index is 609. The third-order valence-electron chi connectivity index (χ3n) is 3.71. The van der Waals surface area contributed by atoms with Crippen LogP contribution in [-0.2, 0) is 13.0 Å². The molecule has 112 valence electrons. The normalized spacial score (nSPS) is 15.0. The average molecular weight is 303 g/mol. The maximum absolute atomic E-state index is 5.64. The van der Waals surface area contributed by atoms with Gasteiger partial charge in [-0.05, 0) is 43.2 Å². The second-order valence-electron chi connectivity index (χ2n) is 5.23. The van der Waals surface area contributed by atoms with Crippen LogP contribution in [0.2, 0.25) is 0 Å². The summed E-state index contributed by atoms with van der Waals surface area (Å²) >= 11 is 1.89. The fourth-order valence-corrected chi connectivity index (χ4v) is 3.32. The number of thiophene rings is 1. The molecule has 0 saturated heterocycles. The second kappa shape index (κ2) is 6.50. The van der Waals surface area contributed by atoms with Crippen molar-refractivity contribution in [2.24, 2.45) is 0 Å². The van der Waals surface area contributed by atoms with Crippen LogP contribution < -0.4 is 14.8 Å². The van der Waals surface area contributed by atoms with Gasteiger partial charge < -0.3 is 14.8 Å². The first-order valence-electron chi connectivity index (χ1n) is 7.47. The van der Waals surface area contributed by atoms with Crippen molar-refractivity contribution in [3.05, 3.63) is 45.6 Å². The molecule has 0 bridgehead atoms. The average Bonchev–Trinajstić information content (AvgIpc) is 3.00. The molecule has 1 aromatic carbocycles. The number of ether oxygens (including phenoxy) is 2. The molecule has 1 aliphatic heterocycles. The highest BCUT2D eigenvalue weighted by Crippen LogP contribution is 2.32. The van der Waals surface area contributed by atoms with Crippen molar-refractivity contribution in [1.29, 1.82) is 0 Å². The summed E-state index contributed by atoms with van der Waals surface area (Å²) in [5, 5.41) is 3.57. The highest BCUT2D eigenvalue weighted by atomic mass is 32.1. The van der Waals surface area contributed by atoms with Gasteiger partial charge in [-0.15, -0.1) is 11.3 Å². The summed E-state index contributed by atoms with van der Waals surface area (Å²) in [4.78, 5) is 2.83. The number of aryl methyl sites for hydroxylation is 1. The zero-order valence-corrected chi connectivity index (χ0v) is 13.3. The molecule has 0 fully saturated rings. The zero-order chi connectivity index (χ0) is 14.7. The Morgan fingerprint density at radius 2 is 1.86 bits per heavy atom. The van der Waals surface area contributed by atoms with E-state index in [9.17, 15) is 0 Å². The lowest BCUT2D eigenvalue weighted by atomic mass is 10.1. The Labute approximate surface area is 129 Å². The fourth-order valence-electron chi connectivity index (χ4n) is 2.41. The summed E-state index contributed by atoms with van der Waals surface area (Å²) in [6.45, 7) is 6.55. The molecule has 0 aliphatic carbocycles. The van der Waals surface area contributed by atoms with Gasteiger partial charge in [-0.3, -0.25) is 0 Å². The van der Waals surface area contributed by atoms with Crippen molar-refractivity contribution in [3.8, 4) is 11.5 Å². The summed E-state index contributed by atoms with van der Waals surface area (Å²) in [6, 6.07) is 10.9.